The quantitative estimate of drug-likeness (QED) is 0.0229. The number of thiol groups is 7. The van der Waals surface area contributed by atoms with Crippen LogP contribution in [0.1, 0.15) is 408 Å². The lowest BCUT2D eigenvalue weighted by atomic mass is 10.1. The second kappa shape index (κ2) is 114. The first-order valence-electron chi connectivity index (χ1n) is 36.4. The molecule has 0 amide bonds. The lowest BCUT2D eigenvalue weighted by Crippen LogP contribution is -1.81. The minimum atomic E-state index is 1.20. The Hall–Kier alpha value is 0.630. The monoisotopic (exact) mass is 1300 g/mol. The van der Waals surface area contributed by atoms with E-state index in [2.05, 4.69) is 179 Å². The van der Waals surface area contributed by atoms with Crippen LogP contribution in [-0.4, -0.2) is 0 Å². The molecule has 0 nitrogen and oxygen atoms in total. The molecular weight excluding hydrogens is 1150 g/mol. The first-order valence-corrected chi connectivity index (χ1v) is 40.1. The van der Waals surface area contributed by atoms with Crippen LogP contribution in [0, 0.1) is 0 Å². The lowest BCUT2D eigenvalue weighted by Gasteiger charge is -2.01. The van der Waals surface area contributed by atoms with Crippen molar-refractivity contribution in [1.82, 2.24) is 0 Å². The highest BCUT2D eigenvalue weighted by Gasteiger charge is 1.95. The van der Waals surface area contributed by atoms with Gasteiger partial charge in [0.2, 0.25) is 0 Å². The van der Waals surface area contributed by atoms with E-state index in [0.29, 0.717) is 0 Å². The average Bonchev–Trinajstić information content (AvgIpc) is 3.51. The van der Waals surface area contributed by atoms with Crippen molar-refractivity contribution in [3.05, 3.63) is 80.4 Å². The molecule has 0 aromatic heterocycles. The second-order valence-electron chi connectivity index (χ2n) is 23.1. The normalized spacial score (nSPS) is 11.2. The minimum absolute atomic E-state index is 1.20. The molecule has 0 fully saturated rings. The molecule has 0 radical (unpaired) electrons. The van der Waals surface area contributed by atoms with Crippen molar-refractivity contribution in [3.8, 4) is 0 Å². The smallest absolute Gasteiger partial charge is 0.0343 e. The van der Waals surface area contributed by atoms with Crippen molar-refractivity contribution in [2.45, 2.75) is 408 Å². The Morgan fingerprint density at radius 3 is 0.310 bits per heavy atom. The molecule has 0 aliphatic rings. The predicted molar refractivity (Wildman–Crippen MR) is 425 cm³/mol. The van der Waals surface area contributed by atoms with E-state index in [1.807, 2.05) is 37.9 Å². The van der Waals surface area contributed by atoms with E-state index >= 15 is 0 Å². The molecule has 0 aromatic rings. The van der Waals surface area contributed by atoms with Crippen molar-refractivity contribution in [1.29, 1.82) is 0 Å². The SMILES string of the molecule is CCCCCCC=CS.CCCCCCCC=CS.CCCCCCCCC=CS.CCCCCCCCCC=CS.CCCCCCCCCCC=CS.CCCCCCCCCCCC=CS.CCCCCCCCCCCCC=CS. The molecule has 0 saturated carbocycles. The summed E-state index contributed by atoms with van der Waals surface area (Å²) in [7, 11) is 0. The van der Waals surface area contributed by atoms with Crippen LogP contribution in [0.25, 0.3) is 0 Å². The highest BCUT2D eigenvalue weighted by Crippen LogP contribution is 2.15. The maximum absolute atomic E-state index is 4.04. The average molecular weight is 1300 g/mol. The van der Waals surface area contributed by atoms with Gasteiger partial charge in [-0.25, -0.2) is 0 Å². The summed E-state index contributed by atoms with van der Waals surface area (Å²) in [6.07, 6.45) is 91.8. The third kappa shape index (κ3) is 136. The summed E-state index contributed by atoms with van der Waals surface area (Å²) in [5.74, 6) is 0. The van der Waals surface area contributed by atoms with Crippen LogP contribution in [0.2, 0.25) is 0 Å². The van der Waals surface area contributed by atoms with E-state index in [-0.39, 0.29) is 0 Å². The Morgan fingerprint density at radius 1 is 0.131 bits per heavy atom. The Balaban J connectivity index is -0.000000166. The van der Waals surface area contributed by atoms with Crippen LogP contribution >= 0.6 is 88.4 Å². The van der Waals surface area contributed by atoms with Gasteiger partial charge in [0.1, 0.15) is 0 Å². The second-order valence-corrected chi connectivity index (χ2v) is 25.2. The molecular formula is C77H154S7. The van der Waals surface area contributed by atoms with Gasteiger partial charge < -0.3 is 0 Å². The Morgan fingerprint density at radius 2 is 0.214 bits per heavy atom. The van der Waals surface area contributed by atoms with E-state index in [1.54, 1.807) is 0 Å². The highest BCUT2D eigenvalue weighted by molar-refractivity contribution is 7.84. The number of hydrogen-bond acceptors (Lipinski definition) is 7. The molecule has 0 atom stereocenters. The number of allylic oxidation sites excluding steroid dienone is 7. The van der Waals surface area contributed by atoms with Gasteiger partial charge in [0.25, 0.3) is 0 Å². The molecule has 0 aliphatic carbocycles. The molecule has 84 heavy (non-hydrogen) atoms. The van der Waals surface area contributed by atoms with Gasteiger partial charge in [0.05, 0.1) is 0 Å². The zero-order valence-electron chi connectivity index (χ0n) is 57.8. The summed E-state index contributed by atoms with van der Waals surface area (Å²) in [5, 5.41) is 12.9. The maximum atomic E-state index is 4.04. The van der Waals surface area contributed by atoms with Crippen LogP contribution in [0.5, 0.6) is 0 Å². The topological polar surface area (TPSA) is 0 Å². The van der Waals surface area contributed by atoms with Gasteiger partial charge in [0, 0.05) is 0 Å². The van der Waals surface area contributed by atoms with E-state index in [0.717, 1.165) is 0 Å². The van der Waals surface area contributed by atoms with E-state index in [1.165, 1.54) is 360 Å². The van der Waals surface area contributed by atoms with Gasteiger partial charge in [-0.05, 0) is 128 Å². The molecule has 0 spiro atoms. The van der Waals surface area contributed by atoms with Gasteiger partial charge >= 0.3 is 0 Å². The minimum Gasteiger partial charge on any atom is -0.152 e. The molecule has 0 heterocycles. The van der Waals surface area contributed by atoms with Crippen molar-refractivity contribution in [3.63, 3.8) is 0 Å². The molecule has 0 aromatic carbocycles. The lowest BCUT2D eigenvalue weighted by molar-refractivity contribution is 0.557. The fourth-order valence-corrected chi connectivity index (χ4v) is 10.1. The van der Waals surface area contributed by atoms with Crippen LogP contribution in [0.3, 0.4) is 0 Å². The standard InChI is InChI=1S/C14H28S.C13H26S.C12H24S.C11H22S.C10H20S.C9H18S.C8H16S/c1-2-3-4-5-6-7-8-9-10-11-12-13-14-15;1-2-3-4-5-6-7-8-9-10-11-12-13-14;1-2-3-4-5-6-7-8-9-10-11-12-13;1-2-3-4-5-6-7-8-9-10-11-12;1-2-3-4-5-6-7-8-9-10-11;1-2-3-4-5-6-7-8-9-10;1-2-3-4-5-6-7-8-9/h13-15H,2-12H2,1H3;12-14H,2-11H2,1H3;11-13H,2-10H2,1H3;10-12H,2-9H2,1H3;9-11H,2-8H2,1H3;8-10H,2-7H2,1H3;7-9H,2-6H2,1H3. The molecule has 0 saturated heterocycles. The zero-order chi connectivity index (χ0) is 63.5. The first-order chi connectivity index (χ1) is 41.4. The molecule has 0 rings (SSSR count). The van der Waals surface area contributed by atoms with Crippen molar-refractivity contribution in [2.24, 2.45) is 0 Å². The summed E-state index contributed by atoms with van der Waals surface area (Å²) < 4.78 is 0. The summed E-state index contributed by atoms with van der Waals surface area (Å²) in [6, 6.07) is 0. The third-order valence-electron chi connectivity index (χ3n) is 14.6. The number of rotatable bonds is 56. The highest BCUT2D eigenvalue weighted by atomic mass is 32.1. The Bertz CT molecular complexity index is 1190. The summed E-state index contributed by atoms with van der Waals surface area (Å²) >= 11 is 28.1. The van der Waals surface area contributed by atoms with Crippen molar-refractivity contribution >= 4 is 88.4 Å². The first kappa shape index (κ1) is 98.2. The maximum Gasteiger partial charge on any atom is -0.0343 e. The fourth-order valence-electron chi connectivity index (χ4n) is 9.06. The molecule has 0 aliphatic heterocycles. The van der Waals surface area contributed by atoms with Gasteiger partial charge in [0.15, 0.2) is 0 Å². The summed E-state index contributed by atoms with van der Waals surface area (Å²) in [4.78, 5) is 0. The van der Waals surface area contributed by atoms with E-state index < -0.39 is 0 Å². The van der Waals surface area contributed by atoms with E-state index in [4.69, 9.17) is 0 Å². The molecule has 0 unspecified atom stereocenters. The van der Waals surface area contributed by atoms with Crippen LogP contribution < -0.4 is 0 Å². The van der Waals surface area contributed by atoms with Gasteiger partial charge in [-0.2, -0.15) is 88.4 Å². The van der Waals surface area contributed by atoms with Crippen LogP contribution in [0.4, 0.5) is 0 Å². The predicted octanol–water partition coefficient (Wildman–Crippen LogP) is 32.0. The third-order valence-corrected chi connectivity index (χ3v) is 16.0. The fraction of sp³-hybridized carbons (Fsp3) is 0.818. The van der Waals surface area contributed by atoms with Crippen LogP contribution in [0.15, 0.2) is 80.4 Å². The Kier molecular flexibility index (Phi) is 134. The number of hydrogen-bond donors (Lipinski definition) is 7. The van der Waals surface area contributed by atoms with Gasteiger partial charge in [-0.1, -0.05) is 361 Å². The Labute approximate surface area is 572 Å². The van der Waals surface area contributed by atoms with E-state index in [9.17, 15) is 0 Å². The summed E-state index contributed by atoms with van der Waals surface area (Å²) in [5.41, 5.74) is 0. The largest absolute Gasteiger partial charge is 0.152 e. The van der Waals surface area contributed by atoms with Crippen molar-refractivity contribution in [2.75, 3.05) is 0 Å². The number of unbranched alkanes of at least 4 members (excludes halogenated alkanes) is 49. The van der Waals surface area contributed by atoms with Crippen molar-refractivity contribution < 1.29 is 0 Å². The molecule has 504 valence electrons. The molecule has 0 bridgehead atoms. The van der Waals surface area contributed by atoms with Crippen LogP contribution in [-0.2, 0) is 0 Å². The molecule has 7 heteroatoms. The zero-order valence-corrected chi connectivity index (χ0v) is 64.1. The summed E-state index contributed by atoms with van der Waals surface area (Å²) in [6.45, 7) is 15.8. The van der Waals surface area contributed by atoms with Gasteiger partial charge in [-0.15, -0.1) is 0 Å². The molecule has 0 N–H and O–H groups in total. The van der Waals surface area contributed by atoms with Gasteiger partial charge in [-0.3, -0.25) is 0 Å².